The fraction of sp³-hybridized carbons (Fsp3) is 0.910. The first-order valence-electron chi connectivity index (χ1n) is 34.8. The monoisotopic (exact) mass is 1440 g/mol. The SMILES string of the molecule is CC(=O)O[C@@H]1[C@H](O[C@@H]2O[C@@H](C)[C@H](O)[C@@H](O)[C@H]2O)[C@@H](O[C@@H]2O[C@@H](C)[C@H](O[C@@H]3OC[C@@H](O)[C@H](O)[C@H]3O)[C@@H](O)[C@H]2O)[C@H](OC(=O)[C@]23CCC(C)(C)C[C@H]2C2=CC[C@@H]4[C@@]5(C)CC[C@H](O[C@@H]6O[C@H](C(=O)O)[C@@H](O)[C@H](O)[C@H]6O[C@@H]6O[C@H](CO)[C@H](O)[C@H](O)[C@H]6O)[C@@](C)(C=O)[C@@H]5CC[C@@]4(C)[C@]2(C)C[C@H]3O)O[C@@H]1C. The molecule has 4 saturated carbocycles. The normalized spacial score (nSPS) is 54.0. The molecule has 33 heteroatoms. The van der Waals surface area contributed by atoms with Gasteiger partial charge in [-0.2, -0.15) is 0 Å². The number of aldehydes is 1. The highest BCUT2D eigenvalue weighted by Gasteiger charge is 2.73. The number of carboxylic acids is 1. The number of carbonyl (C=O) groups is 4. The van der Waals surface area contributed by atoms with Crippen molar-refractivity contribution in [1.29, 1.82) is 0 Å². The van der Waals surface area contributed by atoms with Gasteiger partial charge in [0.1, 0.15) is 115 Å². The Kier molecular flexibility index (Phi) is 22.4. The van der Waals surface area contributed by atoms with Crippen molar-refractivity contribution in [3.8, 4) is 0 Å². The third-order valence-electron chi connectivity index (χ3n) is 25.4. The second kappa shape index (κ2) is 28.8. The number of esters is 2. The van der Waals surface area contributed by atoms with E-state index >= 15 is 4.79 Å². The largest absolute Gasteiger partial charge is 0.479 e. The van der Waals surface area contributed by atoms with Crippen molar-refractivity contribution in [3.63, 3.8) is 0 Å². The lowest BCUT2D eigenvalue weighted by molar-refractivity contribution is -0.390. The Morgan fingerprint density at radius 1 is 0.540 bits per heavy atom. The van der Waals surface area contributed by atoms with E-state index in [0.29, 0.717) is 38.5 Å². The molecule has 0 bridgehead atoms. The van der Waals surface area contributed by atoms with Crippen LogP contribution < -0.4 is 0 Å². The standard InChI is InChI=1S/C67H104O33/c1-24-36(73)39(76)45(82)56(89-24)98-52-49(92-27(4)70)26(3)91-60(53(52)99-57-47(84)43(80)48(25(2)90-57)95-55-44(81)37(74)30(71)22-88-55)100-61(87)67-18-17-62(5,6)19-29(67)28-11-12-33-63(7)15-14-35(64(8,23-69)32(63)13-16-65(33,9)66(28,10)20-34(67)72)94-59-51(42(79)41(78)50(96-59)54(85)86)97-58-46(83)40(77)38(75)31(21-68)93-58/h11,23-26,29-53,55-60,68,71-84H,12-22H2,1-10H3,(H,85,86)/t24-,25-,26+,29-,30+,31+,32+,33+,34+,35-,36-,37-,38-,39+,40-,41-,42-,43-,44+,45+,46+,47+,48-,49-,50-,51+,52-,53+,55-,56-,57-,58-,59+,60-,63-,64-,65+,66+,67+/m0/s1. The van der Waals surface area contributed by atoms with Crippen molar-refractivity contribution >= 4 is 24.2 Å². The molecule has 0 aromatic rings. The molecule has 33 nitrogen and oxygen atoms in total. The van der Waals surface area contributed by atoms with Crippen LogP contribution >= 0.6 is 0 Å². The van der Waals surface area contributed by atoms with Crippen LogP contribution in [0.4, 0.5) is 0 Å². The highest BCUT2D eigenvalue weighted by atomic mass is 16.8. The number of carbonyl (C=O) groups excluding carboxylic acids is 3. The average molecular weight is 1440 g/mol. The highest BCUT2D eigenvalue weighted by molar-refractivity contribution is 5.80. The molecule has 0 aromatic heterocycles. The van der Waals surface area contributed by atoms with Gasteiger partial charge in [-0.15, -0.1) is 0 Å². The van der Waals surface area contributed by atoms with E-state index in [-0.39, 0.29) is 25.2 Å². The van der Waals surface area contributed by atoms with Crippen LogP contribution in [0.15, 0.2) is 11.6 Å². The fourth-order valence-electron chi connectivity index (χ4n) is 19.3. The molecule has 0 aromatic carbocycles. The number of aliphatic carboxylic acids is 1. The van der Waals surface area contributed by atoms with Gasteiger partial charge in [0.2, 0.25) is 6.29 Å². The Labute approximate surface area is 577 Å². The zero-order valence-corrected chi connectivity index (χ0v) is 57.7. The summed E-state index contributed by atoms with van der Waals surface area (Å²) in [5.41, 5.74) is -4.79. The molecular formula is C67H104O33. The van der Waals surface area contributed by atoms with E-state index in [1.807, 2.05) is 0 Å². The highest BCUT2D eigenvalue weighted by Crippen LogP contribution is 2.76. The molecule has 570 valence electrons. The van der Waals surface area contributed by atoms with Gasteiger partial charge < -0.3 is 148 Å². The number of rotatable bonds is 16. The van der Waals surface area contributed by atoms with E-state index in [0.717, 1.165) is 18.8 Å². The van der Waals surface area contributed by atoms with E-state index in [1.54, 1.807) is 6.92 Å². The summed E-state index contributed by atoms with van der Waals surface area (Å²) in [4.78, 5) is 55.7. The number of aliphatic hydroxyl groups is 15. The molecule has 6 aliphatic heterocycles. The molecular weight excluding hydrogens is 1330 g/mol. The molecule has 11 rings (SSSR count). The Morgan fingerprint density at radius 2 is 1.11 bits per heavy atom. The zero-order chi connectivity index (χ0) is 73.3. The van der Waals surface area contributed by atoms with Crippen molar-refractivity contribution in [3.05, 3.63) is 11.6 Å². The molecule has 10 fully saturated rings. The summed E-state index contributed by atoms with van der Waals surface area (Å²) in [5, 5.41) is 176. The maximum atomic E-state index is 16.2. The third-order valence-corrected chi connectivity index (χ3v) is 25.4. The van der Waals surface area contributed by atoms with E-state index in [2.05, 4.69) is 40.7 Å². The molecule has 0 unspecified atom stereocenters. The summed E-state index contributed by atoms with van der Waals surface area (Å²) in [5.74, 6) is -4.85. The summed E-state index contributed by atoms with van der Waals surface area (Å²) < 4.78 is 79.1. The van der Waals surface area contributed by atoms with Gasteiger partial charge >= 0.3 is 17.9 Å². The minimum absolute atomic E-state index is 0.0258. The zero-order valence-electron chi connectivity index (χ0n) is 57.7. The van der Waals surface area contributed by atoms with Crippen LogP contribution in [0.2, 0.25) is 0 Å². The van der Waals surface area contributed by atoms with Crippen molar-refractivity contribution in [2.75, 3.05) is 13.2 Å². The second-order valence-corrected chi connectivity index (χ2v) is 31.8. The number of ether oxygens (including phenoxy) is 13. The Balaban J connectivity index is 0.894. The van der Waals surface area contributed by atoms with Gasteiger partial charge in [-0.1, -0.05) is 53.2 Å². The van der Waals surface area contributed by atoms with Crippen molar-refractivity contribution in [1.82, 2.24) is 0 Å². The third kappa shape index (κ3) is 13.1. The van der Waals surface area contributed by atoms with E-state index in [4.69, 9.17) is 61.6 Å². The molecule has 0 spiro atoms. The van der Waals surface area contributed by atoms with Crippen LogP contribution in [0, 0.1) is 50.2 Å². The van der Waals surface area contributed by atoms with E-state index in [9.17, 15) is 96.1 Å². The molecule has 16 N–H and O–H groups in total. The van der Waals surface area contributed by atoms with Gasteiger partial charge in [-0.25, -0.2) is 4.79 Å². The Morgan fingerprint density at radius 3 is 1.75 bits per heavy atom. The molecule has 39 atom stereocenters. The van der Waals surface area contributed by atoms with Gasteiger partial charge in [0.05, 0.1) is 49.1 Å². The lowest BCUT2D eigenvalue weighted by Gasteiger charge is -2.71. The van der Waals surface area contributed by atoms with Crippen LogP contribution in [0.25, 0.3) is 0 Å². The molecule has 6 heterocycles. The maximum absolute atomic E-state index is 16.2. The van der Waals surface area contributed by atoms with Gasteiger partial charge in [0.15, 0.2) is 49.8 Å². The fourth-order valence-corrected chi connectivity index (χ4v) is 19.3. The number of hydrogen-bond donors (Lipinski definition) is 16. The number of carboxylic acid groups (broad SMARTS) is 1. The van der Waals surface area contributed by atoms with Gasteiger partial charge in [0, 0.05) is 6.92 Å². The van der Waals surface area contributed by atoms with Crippen LogP contribution in [0.1, 0.15) is 127 Å². The summed E-state index contributed by atoms with van der Waals surface area (Å²) in [7, 11) is 0. The summed E-state index contributed by atoms with van der Waals surface area (Å²) in [6.45, 7) is 16.3. The van der Waals surface area contributed by atoms with Crippen LogP contribution in [-0.2, 0) is 80.8 Å². The molecule has 0 radical (unpaired) electrons. The summed E-state index contributed by atoms with van der Waals surface area (Å²) in [6.07, 6.45) is -47.9. The van der Waals surface area contributed by atoms with Crippen molar-refractivity contribution < 1.29 is 162 Å². The lowest BCUT2D eigenvalue weighted by Crippen LogP contribution is -2.69. The molecule has 100 heavy (non-hydrogen) atoms. The van der Waals surface area contributed by atoms with Crippen LogP contribution in [0.5, 0.6) is 0 Å². The summed E-state index contributed by atoms with van der Waals surface area (Å²) >= 11 is 0. The number of hydrogen-bond acceptors (Lipinski definition) is 32. The molecule has 5 aliphatic carbocycles. The van der Waals surface area contributed by atoms with Gasteiger partial charge in [0.25, 0.3) is 0 Å². The van der Waals surface area contributed by atoms with Crippen LogP contribution in [0.3, 0.4) is 0 Å². The Hall–Kier alpha value is -3.22. The predicted molar refractivity (Wildman–Crippen MR) is 330 cm³/mol. The quantitative estimate of drug-likeness (QED) is 0.0304. The number of fused-ring (bicyclic) bond motifs is 7. The average Bonchev–Trinajstić information content (AvgIpc) is 0.671. The van der Waals surface area contributed by atoms with Crippen molar-refractivity contribution in [2.45, 2.75) is 317 Å². The first-order chi connectivity index (χ1) is 46.7. The summed E-state index contributed by atoms with van der Waals surface area (Å²) in [6, 6.07) is 0. The number of aliphatic hydroxyl groups excluding tert-OH is 15. The van der Waals surface area contributed by atoms with Crippen LogP contribution in [-0.4, -0.2) is 309 Å². The minimum Gasteiger partial charge on any atom is -0.479 e. The first kappa shape index (κ1) is 77.9. The molecule has 6 saturated heterocycles. The van der Waals surface area contributed by atoms with E-state index < -0.39 is 266 Å². The van der Waals surface area contributed by atoms with E-state index in [1.165, 1.54) is 20.8 Å². The predicted octanol–water partition coefficient (Wildman–Crippen LogP) is -3.85. The Bertz CT molecular complexity index is 2960. The minimum atomic E-state index is -2.13. The molecule has 0 amide bonds. The topological polar surface area (TPSA) is 512 Å². The molecule has 11 aliphatic rings. The smallest absolute Gasteiger partial charge is 0.335 e. The van der Waals surface area contributed by atoms with Gasteiger partial charge in [-0.3, -0.25) is 9.59 Å². The van der Waals surface area contributed by atoms with Crippen molar-refractivity contribution in [2.24, 2.45) is 50.2 Å². The number of allylic oxidation sites excluding steroid dienone is 2. The maximum Gasteiger partial charge on any atom is 0.335 e. The second-order valence-electron chi connectivity index (χ2n) is 31.8. The lowest BCUT2D eigenvalue weighted by atomic mass is 9.33. The van der Waals surface area contributed by atoms with Gasteiger partial charge in [-0.05, 0) is 118 Å². The first-order valence-corrected chi connectivity index (χ1v) is 34.8.